The Kier molecular flexibility index (Phi) is 6.01. The summed E-state index contributed by atoms with van der Waals surface area (Å²) >= 11 is 0. The molecule has 0 saturated carbocycles. The minimum Gasteiger partial charge on any atom is -0.354 e. The summed E-state index contributed by atoms with van der Waals surface area (Å²) in [6, 6.07) is 4.80. The molecule has 0 spiro atoms. The van der Waals surface area contributed by atoms with Crippen molar-refractivity contribution in [3.05, 3.63) is 35.4 Å². The van der Waals surface area contributed by atoms with Gasteiger partial charge >= 0.3 is 6.18 Å². The highest BCUT2D eigenvalue weighted by atomic mass is 19.4. The van der Waals surface area contributed by atoms with Crippen LogP contribution in [0.4, 0.5) is 13.2 Å². The summed E-state index contributed by atoms with van der Waals surface area (Å²) in [4.78, 5) is 11.6. The van der Waals surface area contributed by atoms with Crippen LogP contribution in [0.2, 0.25) is 0 Å². The second kappa shape index (κ2) is 7.28. The van der Waals surface area contributed by atoms with Crippen LogP contribution in [0.3, 0.4) is 0 Å². The summed E-state index contributed by atoms with van der Waals surface area (Å²) in [7, 11) is 0. The average molecular weight is 288 g/mol. The summed E-state index contributed by atoms with van der Waals surface area (Å²) in [5.74, 6) is -0.200. The number of halogens is 3. The number of amides is 1. The summed E-state index contributed by atoms with van der Waals surface area (Å²) in [6.45, 7) is 5.23. The Hall–Kier alpha value is -1.56. The predicted molar refractivity (Wildman–Crippen MR) is 71.3 cm³/mol. The van der Waals surface area contributed by atoms with E-state index in [0.717, 1.165) is 18.7 Å². The van der Waals surface area contributed by atoms with Gasteiger partial charge in [-0.05, 0) is 31.2 Å². The zero-order valence-electron chi connectivity index (χ0n) is 11.6. The Morgan fingerprint density at radius 3 is 2.35 bits per heavy atom. The first-order chi connectivity index (χ1) is 9.32. The molecule has 0 bridgehead atoms. The van der Waals surface area contributed by atoms with E-state index in [9.17, 15) is 18.0 Å². The lowest BCUT2D eigenvalue weighted by molar-refractivity contribution is -0.137. The zero-order chi connectivity index (χ0) is 15.2. The van der Waals surface area contributed by atoms with Crippen LogP contribution in [-0.2, 0) is 17.4 Å². The van der Waals surface area contributed by atoms with Gasteiger partial charge in [0.25, 0.3) is 0 Å². The minimum absolute atomic E-state index is 0.0803. The molecule has 2 N–H and O–H groups in total. The van der Waals surface area contributed by atoms with E-state index < -0.39 is 11.7 Å². The molecule has 0 saturated heterocycles. The largest absolute Gasteiger partial charge is 0.416 e. The number of alkyl halides is 3. The van der Waals surface area contributed by atoms with Crippen molar-refractivity contribution in [3.63, 3.8) is 0 Å². The number of carbonyl (C=O) groups excluding carboxylic acids is 1. The molecule has 0 heterocycles. The highest BCUT2D eigenvalue weighted by Gasteiger charge is 2.29. The van der Waals surface area contributed by atoms with Gasteiger partial charge in [-0.3, -0.25) is 4.79 Å². The molecule has 1 aromatic rings. The molecule has 0 aliphatic rings. The molecule has 0 aliphatic heterocycles. The molecule has 0 aliphatic carbocycles. The van der Waals surface area contributed by atoms with Crippen LogP contribution in [0.1, 0.15) is 25.0 Å². The first kappa shape index (κ1) is 16.5. The van der Waals surface area contributed by atoms with Gasteiger partial charge in [0.2, 0.25) is 5.91 Å². The second-order valence-corrected chi connectivity index (χ2v) is 4.63. The summed E-state index contributed by atoms with van der Waals surface area (Å²) in [5, 5.41) is 5.89. The van der Waals surface area contributed by atoms with Crippen molar-refractivity contribution in [2.24, 2.45) is 0 Å². The number of rotatable bonds is 6. The molecule has 0 aromatic heterocycles. The van der Waals surface area contributed by atoms with E-state index in [0.29, 0.717) is 12.1 Å². The first-order valence-corrected chi connectivity index (χ1v) is 6.49. The van der Waals surface area contributed by atoms with Crippen molar-refractivity contribution in [1.82, 2.24) is 10.6 Å². The Morgan fingerprint density at radius 1 is 1.25 bits per heavy atom. The first-order valence-electron chi connectivity index (χ1n) is 6.49. The van der Waals surface area contributed by atoms with Crippen molar-refractivity contribution in [2.75, 3.05) is 13.1 Å². The maximum atomic E-state index is 12.4. The van der Waals surface area contributed by atoms with Crippen LogP contribution in [0, 0.1) is 0 Å². The molecule has 1 amide bonds. The lowest BCUT2D eigenvalue weighted by Crippen LogP contribution is -2.39. The molecule has 1 rings (SSSR count). The van der Waals surface area contributed by atoms with Gasteiger partial charge in [0.1, 0.15) is 0 Å². The SMILES string of the molecule is CCN[C@H](C)CNC(=O)Cc1ccc(C(F)(F)F)cc1. The topological polar surface area (TPSA) is 41.1 Å². The van der Waals surface area contributed by atoms with Gasteiger partial charge in [0.05, 0.1) is 12.0 Å². The van der Waals surface area contributed by atoms with E-state index in [4.69, 9.17) is 0 Å². The monoisotopic (exact) mass is 288 g/mol. The second-order valence-electron chi connectivity index (χ2n) is 4.63. The van der Waals surface area contributed by atoms with E-state index in [-0.39, 0.29) is 18.4 Å². The molecule has 1 atom stereocenters. The molecule has 3 nitrogen and oxygen atoms in total. The van der Waals surface area contributed by atoms with Crippen LogP contribution in [0.25, 0.3) is 0 Å². The number of carbonyl (C=O) groups is 1. The molecule has 1 aromatic carbocycles. The lowest BCUT2D eigenvalue weighted by Gasteiger charge is -2.13. The minimum atomic E-state index is -4.35. The third-order valence-corrected chi connectivity index (χ3v) is 2.80. The van der Waals surface area contributed by atoms with E-state index in [1.165, 1.54) is 12.1 Å². The highest BCUT2D eigenvalue weighted by molar-refractivity contribution is 5.78. The van der Waals surface area contributed by atoms with Crippen LogP contribution >= 0.6 is 0 Å². The van der Waals surface area contributed by atoms with Crippen LogP contribution in [-0.4, -0.2) is 25.0 Å². The fourth-order valence-corrected chi connectivity index (χ4v) is 1.75. The van der Waals surface area contributed by atoms with Crippen molar-refractivity contribution in [1.29, 1.82) is 0 Å². The summed E-state index contributed by atoms with van der Waals surface area (Å²) < 4.78 is 37.1. The summed E-state index contributed by atoms with van der Waals surface area (Å²) in [6.07, 6.45) is -4.26. The fraction of sp³-hybridized carbons (Fsp3) is 0.500. The molecular formula is C14H19F3N2O. The Labute approximate surface area is 116 Å². The van der Waals surface area contributed by atoms with Gasteiger partial charge in [-0.15, -0.1) is 0 Å². The van der Waals surface area contributed by atoms with E-state index in [1.54, 1.807) is 0 Å². The van der Waals surface area contributed by atoms with E-state index >= 15 is 0 Å². The third-order valence-electron chi connectivity index (χ3n) is 2.80. The third kappa shape index (κ3) is 5.61. The van der Waals surface area contributed by atoms with Crippen LogP contribution in [0.5, 0.6) is 0 Å². The zero-order valence-corrected chi connectivity index (χ0v) is 11.6. The number of hydrogen-bond acceptors (Lipinski definition) is 2. The molecule has 0 unspecified atom stereocenters. The van der Waals surface area contributed by atoms with Crippen LogP contribution < -0.4 is 10.6 Å². The fourth-order valence-electron chi connectivity index (χ4n) is 1.75. The summed E-state index contributed by atoms with van der Waals surface area (Å²) in [5.41, 5.74) is -0.144. The van der Waals surface area contributed by atoms with E-state index in [2.05, 4.69) is 10.6 Å². The van der Waals surface area contributed by atoms with Gasteiger partial charge in [-0.25, -0.2) is 0 Å². The maximum absolute atomic E-state index is 12.4. The molecule has 0 radical (unpaired) electrons. The quantitative estimate of drug-likeness (QED) is 0.843. The molecule has 6 heteroatoms. The molecule has 112 valence electrons. The standard InChI is InChI=1S/C14H19F3N2O/c1-3-18-10(2)9-19-13(20)8-11-4-6-12(7-5-11)14(15,16)17/h4-7,10,18H,3,8-9H2,1-2H3,(H,19,20)/t10-/m1/s1. The number of hydrogen-bond donors (Lipinski definition) is 2. The molecule has 20 heavy (non-hydrogen) atoms. The normalized spacial score (nSPS) is 13.1. The van der Waals surface area contributed by atoms with Crippen molar-refractivity contribution in [2.45, 2.75) is 32.5 Å². The highest BCUT2D eigenvalue weighted by Crippen LogP contribution is 2.29. The van der Waals surface area contributed by atoms with Gasteiger partial charge in [0.15, 0.2) is 0 Å². The average Bonchev–Trinajstić information content (AvgIpc) is 2.36. The molecular weight excluding hydrogens is 269 g/mol. The van der Waals surface area contributed by atoms with E-state index in [1.807, 2.05) is 13.8 Å². The molecule has 0 fully saturated rings. The Balaban J connectivity index is 2.46. The van der Waals surface area contributed by atoms with Crippen molar-refractivity contribution < 1.29 is 18.0 Å². The van der Waals surface area contributed by atoms with Gasteiger partial charge in [-0.2, -0.15) is 13.2 Å². The van der Waals surface area contributed by atoms with Crippen molar-refractivity contribution in [3.8, 4) is 0 Å². The Morgan fingerprint density at radius 2 is 1.85 bits per heavy atom. The van der Waals surface area contributed by atoms with Gasteiger partial charge in [-0.1, -0.05) is 19.1 Å². The predicted octanol–water partition coefficient (Wildman–Crippen LogP) is 2.36. The maximum Gasteiger partial charge on any atom is 0.416 e. The lowest BCUT2D eigenvalue weighted by atomic mass is 10.1. The van der Waals surface area contributed by atoms with Gasteiger partial charge < -0.3 is 10.6 Å². The van der Waals surface area contributed by atoms with Gasteiger partial charge in [0, 0.05) is 12.6 Å². The number of benzene rings is 1. The van der Waals surface area contributed by atoms with Crippen molar-refractivity contribution >= 4 is 5.91 Å². The Bertz CT molecular complexity index is 429. The number of nitrogens with one attached hydrogen (secondary N) is 2. The smallest absolute Gasteiger partial charge is 0.354 e. The number of likely N-dealkylation sites (N-methyl/N-ethyl adjacent to an activating group) is 1. The van der Waals surface area contributed by atoms with Crippen LogP contribution in [0.15, 0.2) is 24.3 Å².